The molecule has 0 amide bonds. The topological polar surface area (TPSA) is 0 Å². The molecule has 4 heteroatoms. The minimum absolute atomic E-state index is 0. The van der Waals surface area contributed by atoms with Crippen LogP contribution >= 0.6 is 0 Å². The maximum absolute atomic E-state index is 9.58. The van der Waals surface area contributed by atoms with Gasteiger partial charge in [0.2, 0.25) is 0 Å². The zero-order valence-corrected chi connectivity index (χ0v) is 8.69. The van der Waals surface area contributed by atoms with Crippen molar-refractivity contribution in [2.75, 3.05) is 0 Å². The van der Waals surface area contributed by atoms with Gasteiger partial charge in [-0.2, -0.15) is 36.4 Å². The molecule has 0 spiro atoms. The van der Waals surface area contributed by atoms with Gasteiger partial charge in [-0.1, -0.05) is 0 Å². The van der Waals surface area contributed by atoms with Crippen LogP contribution < -0.4 is 0 Å². The van der Waals surface area contributed by atoms with E-state index in [0.717, 1.165) is 0 Å². The molecular formula is C7H5F3Zn. The summed E-state index contributed by atoms with van der Waals surface area (Å²) in [6.45, 7) is -3.08. The Kier molecular flexibility index (Phi) is 11.6. The molecule has 0 saturated heterocycles. The third-order valence-electron chi connectivity index (χ3n) is 0.607. The molecule has 1 aromatic carbocycles. The third kappa shape index (κ3) is 17.7. The van der Waals surface area contributed by atoms with Gasteiger partial charge in [0.1, 0.15) is 0 Å². The van der Waals surface area contributed by atoms with Gasteiger partial charge in [0.25, 0.3) is 0 Å². The van der Waals surface area contributed by atoms with E-state index in [0.29, 0.717) is 0 Å². The fourth-order valence-electron chi connectivity index (χ4n) is 0.342. The summed E-state index contributed by atoms with van der Waals surface area (Å²) in [4.78, 5) is 0. The summed E-state index contributed by atoms with van der Waals surface area (Å²) < 4.78 is 28.8. The Morgan fingerprint density at radius 1 is 0.909 bits per heavy atom. The summed E-state index contributed by atoms with van der Waals surface area (Å²) in [5.41, 5.74) is 0. The van der Waals surface area contributed by atoms with Crippen molar-refractivity contribution in [1.29, 1.82) is 0 Å². The van der Waals surface area contributed by atoms with Crippen LogP contribution in [0.15, 0.2) is 30.3 Å². The van der Waals surface area contributed by atoms with Crippen molar-refractivity contribution >= 4 is 0 Å². The van der Waals surface area contributed by atoms with Crippen molar-refractivity contribution in [2.24, 2.45) is 0 Å². The van der Waals surface area contributed by atoms with Gasteiger partial charge in [0, 0.05) is 0 Å². The maximum Gasteiger partial charge on any atom is 2.00 e. The van der Waals surface area contributed by atoms with E-state index in [4.69, 9.17) is 0 Å². The zero-order chi connectivity index (χ0) is 7.82. The molecule has 0 aliphatic carbocycles. The normalized spacial score (nSPS) is 7.64. The SMILES string of the molecule is F[C-](F)F.[Zn+2].[c-]1ccccc1. The van der Waals surface area contributed by atoms with Gasteiger partial charge in [-0.3, -0.25) is 0 Å². The van der Waals surface area contributed by atoms with Gasteiger partial charge in [-0.15, -0.1) is 0 Å². The fourth-order valence-corrected chi connectivity index (χ4v) is 0.342. The van der Waals surface area contributed by atoms with E-state index < -0.39 is 6.68 Å². The number of hydrogen-bond donors (Lipinski definition) is 0. The smallest absolute Gasteiger partial charge is 0.385 e. The minimum atomic E-state index is -3.08. The summed E-state index contributed by atoms with van der Waals surface area (Å²) in [6.07, 6.45) is 0. The summed E-state index contributed by atoms with van der Waals surface area (Å²) in [5, 5.41) is 0. The number of halogens is 3. The molecule has 56 valence electrons. The van der Waals surface area contributed by atoms with E-state index in [-0.39, 0.29) is 19.5 Å². The monoisotopic (exact) mass is 210 g/mol. The second kappa shape index (κ2) is 9.63. The Morgan fingerprint density at radius 2 is 1.27 bits per heavy atom. The van der Waals surface area contributed by atoms with Crippen LogP contribution in [-0.2, 0) is 19.5 Å². The third-order valence-corrected chi connectivity index (χ3v) is 0.607. The van der Waals surface area contributed by atoms with Crippen molar-refractivity contribution in [3.63, 3.8) is 0 Å². The van der Waals surface area contributed by atoms with Gasteiger partial charge in [0.15, 0.2) is 6.68 Å². The van der Waals surface area contributed by atoms with Crippen LogP contribution in [-0.4, -0.2) is 0 Å². The van der Waals surface area contributed by atoms with Crippen LogP contribution in [0.5, 0.6) is 0 Å². The minimum Gasteiger partial charge on any atom is -0.385 e. The molecular weight excluding hydrogens is 206 g/mol. The number of benzene rings is 1. The first-order chi connectivity index (χ1) is 4.73. The molecule has 0 fully saturated rings. The van der Waals surface area contributed by atoms with Gasteiger partial charge >= 0.3 is 19.5 Å². The van der Waals surface area contributed by atoms with Crippen molar-refractivity contribution < 1.29 is 32.6 Å². The van der Waals surface area contributed by atoms with E-state index in [9.17, 15) is 13.2 Å². The molecule has 1 rings (SSSR count). The van der Waals surface area contributed by atoms with Crippen LogP contribution in [0, 0.1) is 12.7 Å². The van der Waals surface area contributed by atoms with E-state index in [1.165, 1.54) is 0 Å². The average Bonchev–Trinajstić information content (AvgIpc) is 1.90. The summed E-state index contributed by atoms with van der Waals surface area (Å²) in [6, 6.07) is 12.5. The van der Waals surface area contributed by atoms with Crippen molar-refractivity contribution in [3.8, 4) is 0 Å². The standard InChI is InChI=1S/C6H5.CF3.Zn/c1-2-4-6-5-3-1;2-1(3)4;/h1-5H;;/q2*-1;+2. The van der Waals surface area contributed by atoms with E-state index in [1.807, 2.05) is 30.3 Å². The maximum atomic E-state index is 9.58. The van der Waals surface area contributed by atoms with E-state index >= 15 is 0 Å². The van der Waals surface area contributed by atoms with Gasteiger partial charge < -0.3 is 13.2 Å². The molecule has 0 aromatic heterocycles. The molecule has 0 N–H and O–H groups in total. The second-order valence-corrected chi connectivity index (χ2v) is 1.29. The van der Waals surface area contributed by atoms with Gasteiger partial charge in [-0.25, -0.2) is 0 Å². The van der Waals surface area contributed by atoms with Crippen molar-refractivity contribution in [3.05, 3.63) is 43.1 Å². The van der Waals surface area contributed by atoms with Crippen molar-refractivity contribution in [1.82, 2.24) is 0 Å². The van der Waals surface area contributed by atoms with Gasteiger partial charge in [-0.05, 0) is 0 Å². The van der Waals surface area contributed by atoms with Crippen LogP contribution in [0.25, 0.3) is 0 Å². The van der Waals surface area contributed by atoms with Crippen LogP contribution in [0.1, 0.15) is 0 Å². The summed E-state index contributed by atoms with van der Waals surface area (Å²) in [5.74, 6) is 0. The Hall–Kier alpha value is -0.367. The Balaban J connectivity index is 0. The molecule has 0 nitrogen and oxygen atoms in total. The zero-order valence-electron chi connectivity index (χ0n) is 5.73. The summed E-state index contributed by atoms with van der Waals surface area (Å²) >= 11 is 0. The summed E-state index contributed by atoms with van der Waals surface area (Å²) in [7, 11) is 0. The van der Waals surface area contributed by atoms with Crippen LogP contribution in [0.4, 0.5) is 13.2 Å². The Morgan fingerprint density at radius 3 is 1.36 bits per heavy atom. The quantitative estimate of drug-likeness (QED) is 0.457. The van der Waals surface area contributed by atoms with Gasteiger partial charge in [0.05, 0.1) is 0 Å². The molecule has 0 saturated carbocycles. The molecule has 0 radical (unpaired) electrons. The first-order valence-electron chi connectivity index (χ1n) is 2.48. The predicted octanol–water partition coefficient (Wildman–Crippen LogP) is 2.83. The molecule has 0 aliphatic rings. The molecule has 0 aliphatic heterocycles. The van der Waals surface area contributed by atoms with E-state index in [1.54, 1.807) is 0 Å². The Labute approximate surface area is 76.2 Å². The molecule has 0 unspecified atom stereocenters. The van der Waals surface area contributed by atoms with Crippen molar-refractivity contribution in [2.45, 2.75) is 0 Å². The average molecular weight is 212 g/mol. The second-order valence-electron chi connectivity index (χ2n) is 1.29. The molecule has 1 aromatic rings. The first kappa shape index (κ1) is 13.2. The van der Waals surface area contributed by atoms with Crippen LogP contribution in [0.3, 0.4) is 0 Å². The molecule has 0 atom stereocenters. The molecule has 0 bridgehead atoms. The number of rotatable bonds is 0. The van der Waals surface area contributed by atoms with Crippen LogP contribution in [0.2, 0.25) is 0 Å². The van der Waals surface area contributed by atoms with E-state index in [2.05, 4.69) is 6.07 Å². The Bertz CT molecular complexity index is 114. The molecule has 11 heavy (non-hydrogen) atoms. The molecule has 0 heterocycles. The fraction of sp³-hybridized carbons (Fsp3) is 0. The predicted molar refractivity (Wildman–Crippen MR) is 31.8 cm³/mol. The number of hydrogen-bond acceptors (Lipinski definition) is 0. The largest absolute Gasteiger partial charge is 2.00 e. The first-order valence-corrected chi connectivity index (χ1v) is 2.48.